The molecule has 0 aromatic heterocycles. The zero-order chi connectivity index (χ0) is 15.5. The highest BCUT2D eigenvalue weighted by molar-refractivity contribution is 5.85. The molecular weight excluding hydrogens is 313 g/mol. The molecule has 0 spiro atoms. The first-order chi connectivity index (χ1) is 9.87. The number of rotatable bonds is 4. The normalized spacial score (nSPS) is 17.9. The summed E-state index contributed by atoms with van der Waals surface area (Å²) in [6.07, 6.45) is -4.69. The van der Waals surface area contributed by atoms with E-state index in [-0.39, 0.29) is 24.9 Å². The van der Waals surface area contributed by atoms with Gasteiger partial charge >= 0.3 is 6.18 Å². The molecule has 1 fully saturated rings. The largest absolute Gasteiger partial charge is 0.389 e. The number of benzene rings is 1. The summed E-state index contributed by atoms with van der Waals surface area (Å²) in [7, 11) is 0. The molecule has 1 aliphatic heterocycles. The van der Waals surface area contributed by atoms with Crippen molar-refractivity contribution in [3.63, 3.8) is 0 Å². The van der Waals surface area contributed by atoms with Crippen molar-refractivity contribution in [2.75, 3.05) is 26.2 Å². The minimum Gasteiger partial charge on any atom is -0.314 e. The standard InChI is InChI=1S/C16H23F3N2.ClH/c1-12-3-4-13(2)14(11-12)15(5-6-16(17,18)19)21-9-7-20-8-10-21;/h3-4,11,15,20H,5-10H2,1-2H3;1H/t15-;/m0./s1. The van der Waals surface area contributed by atoms with Gasteiger partial charge in [0, 0.05) is 38.6 Å². The molecule has 1 aromatic carbocycles. The molecular formula is C16H24ClF3N2. The van der Waals surface area contributed by atoms with Gasteiger partial charge in [-0.1, -0.05) is 23.8 Å². The number of hydrogen-bond donors (Lipinski definition) is 1. The topological polar surface area (TPSA) is 15.3 Å². The Bertz CT molecular complexity index is 471. The molecule has 2 nitrogen and oxygen atoms in total. The van der Waals surface area contributed by atoms with Crippen LogP contribution in [0, 0.1) is 13.8 Å². The molecule has 0 unspecified atom stereocenters. The van der Waals surface area contributed by atoms with Crippen LogP contribution in [0.3, 0.4) is 0 Å². The first-order valence-electron chi connectivity index (χ1n) is 7.45. The van der Waals surface area contributed by atoms with E-state index < -0.39 is 12.6 Å². The second kappa shape index (κ2) is 8.18. The first kappa shape index (κ1) is 19.3. The molecule has 126 valence electrons. The number of hydrogen-bond acceptors (Lipinski definition) is 2. The Kier molecular flexibility index (Phi) is 7.16. The van der Waals surface area contributed by atoms with Gasteiger partial charge in [-0.3, -0.25) is 4.90 Å². The van der Waals surface area contributed by atoms with Crippen LogP contribution in [-0.2, 0) is 0 Å². The van der Waals surface area contributed by atoms with Gasteiger partial charge in [0.1, 0.15) is 0 Å². The maximum absolute atomic E-state index is 12.6. The van der Waals surface area contributed by atoms with E-state index in [2.05, 4.69) is 10.2 Å². The highest BCUT2D eigenvalue weighted by atomic mass is 35.5. The lowest BCUT2D eigenvalue weighted by Gasteiger charge is -2.36. The molecule has 1 atom stereocenters. The van der Waals surface area contributed by atoms with Gasteiger partial charge in [-0.15, -0.1) is 12.4 Å². The van der Waals surface area contributed by atoms with Crippen molar-refractivity contribution in [3.05, 3.63) is 34.9 Å². The van der Waals surface area contributed by atoms with Gasteiger partial charge in [0.15, 0.2) is 0 Å². The minimum absolute atomic E-state index is 0. The van der Waals surface area contributed by atoms with Gasteiger partial charge < -0.3 is 5.32 Å². The third-order valence-electron chi connectivity index (χ3n) is 4.09. The zero-order valence-corrected chi connectivity index (χ0v) is 13.9. The fourth-order valence-corrected chi connectivity index (χ4v) is 2.95. The van der Waals surface area contributed by atoms with Crippen LogP contribution >= 0.6 is 12.4 Å². The van der Waals surface area contributed by atoms with Gasteiger partial charge in [0.2, 0.25) is 0 Å². The second-order valence-electron chi connectivity index (χ2n) is 5.82. The predicted octanol–water partition coefficient (Wildman–Crippen LogP) is 4.01. The van der Waals surface area contributed by atoms with E-state index in [1.165, 1.54) is 0 Å². The summed E-state index contributed by atoms with van der Waals surface area (Å²) in [6, 6.07) is 5.91. The zero-order valence-electron chi connectivity index (χ0n) is 13.0. The molecule has 0 saturated carbocycles. The summed E-state index contributed by atoms with van der Waals surface area (Å²) in [5, 5.41) is 3.26. The second-order valence-corrected chi connectivity index (χ2v) is 5.82. The van der Waals surface area contributed by atoms with Crippen molar-refractivity contribution in [2.24, 2.45) is 0 Å². The molecule has 6 heteroatoms. The van der Waals surface area contributed by atoms with Crippen LogP contribution < -0.4 is 5.32 Å². The minimum atomic E-state index is -4.09. The van der Waals surface area contributed by atoms with Crippen LogP contribution in [-0.4, -0.2) is 37.3 Å². The molecule has 0 aliphatic carbocycles. The third kappa shape index (κ3) is 5.45. The maximum Gasteiger partial charge on any atom is 0.389 e. The molecule has 0 amide bonds. The van der Waals surface area contributed by atoms with Crippen molar-refractivity contribution in [3.8, 4) is 0 Å². The first-order valence-corrected chi connectivity index (χ1v) is 7.45. The number of piperazine rings is 1. The highest BCUT2D eigenvalue weighted by Gasteiger charge is 2.31. The van der Waals surface area contributed by atoms with Gasteiger partial charge in [-0.2, -0.15) is 13.2 Å². The summed E-state index contributed by atoms with van der Waals surface area (Å²) in [5.74, 6) is 0. The highest BCUT2D eigenvalue weighted by Crippen LogP contribution is 2.33. The SMILES string of the molecule is Cc1ccc(C)c([C@H](CCC(F)(F)F)N2CCNCC2)c1.Cl. The molecule has 22 heavy (non-hydrogen) atoms. The van der Waals surface area contributed by atoms with Crippen molar-refractivity contribution in [1.29, 1.82) is 0 Å². The van der Waals surface area contributed by atoms with Gasteiger partial charge in [0.25, 0.3) is 0 Å². The lowest BCUT2D eigenvalue weighted by atomic mass is 9.94. The Hall–Kier alpha value is -0.780. The number of aryl methyl sites for hydroxylation is 2. The van der Waals surface area contributed by atoms with Gasteiger partial charge in [-0.05, 0) is 31.4 Å². The summed E-state index contributed by atoms with van der Waals surface area (Å²) in [5.41, 5.74) is 3.22. The maximum atomic E-state index is 12.6. The van der Waals surface area contributed by atoms with E-state index in [0.717, 1.165) is 42.9 Å². The lowest BCUT2D eigenvalue weighted by molar-refractivity contribution is -0.138. The average molecular weight is 337 g/mol. The van der Waals surface area contributed by atoms with Crippen LogP contribution in [0.15, 0.2) is 18.2 Å². The predicted molar refractivity (Wildman–Crippen MR) is 85.6 cm³/mol. The van der Waals surface area contributed by atoms with Crippen molar-refractivity contribution in [2.45, 2.75) is 38.9 Å². The number of alkyl halides is 3. The summed E-state index contributed by atoms with van der Waals surface area (Å²) < 4.78 is 37.9. The van der Waals surface area contributed by atoms with Crippen LogP contribution in [0.4, 0.5) is 13.2 Å². The van der Waals surface area contributed by atoms with E-state index in [1.54, 1.807) is 0 Å². The Balaban J connectivity index is 0.00000242. The van der Waals surface area contributed by atoms with Gasteiger partial charge in [0.05, 0.1) is 0 Å². The quantitative estimate of drug-likeness (QED) is 0.893. The van der Waals surface area contributed by atoms with Crippen LogP contribution in [0.5, 0.6) is 0 Å². The van der Waals surface area contributed by atoms with Crippen LogP contribution in [0.2, 0.25) is 0 Å². The number of nitrogens with one attached hydrogen (secondary N) is 1. The lowest BCUT2D eigenvalue weighted by Crippen LogP contribution is -2.45. The van der Waals surface area contributed by atoms with E-state index in [4.69, 9.17) is 0 Å². The molecule has 1 aliphatic rings. The molecule has 1 heterocycles. The van der Waals surface area contributed by atoms with E-state index in [0.29, 0.717) is 0 Å². The Morgan fingerprint density at radius 2 is 1.82 bits per heavy atom. The Morgan fingerprint density at radius 1 is 1.18 bits per heavy atom. The monoisotopic (exact) mass is 336 g/mol. The number of halogens is 4. The summed E-state index contributed by atoms with van der Waals surface area (Å²) in [6.45, 7) is 7.26. The van der Waals surface area contributed by atoms with E-state index in [1.807, 2.05) is 32.0 Å². The third-order valence-corrected chi connectivity index (χ3v) is 4.09. The van der Waals surface area contributed by atoms with Crippen LogP contribution in [0.25, 0.3) is 0 Å². The molecule has 2 rings (SSSR count). The summed E-state index contributed by atoms with van der Waals surface area (Å²) in [4.78, 5) is 2.18. The average Bonchev–Trinajstić information content (AvgIpc) is 2.43. The fourth-order valence-electron chi connectivity index (χ4n) is 2.95. The van der Waals surface area contributed by atoms with Crippen molar-refractivity contribution >= 4 is 12.4 Å². The molecule has 1 saturated heterocycles. The van der Waals surface area contributed by atoms with Gasteiger partial charge in [-0.25, -0.2) is 0 Å². The molecule has 0 radical (unpaired) electrons. The van der Waals surface area contributed by atoms with Crippen molar-refractivity contribution < 1.29 is 13.2 Å². The van der Waals surface area contributed by atoms with E-state index in [9.17, 15) is 13.2 Å². The molecule has 1 N–H and O–H groups in total. The van der Waals surface area contributed by atoms with Crippen LogP contribution in [0.1, 0.15) is 35.6 Å². The smallest absolute Gasteiger partial charge is 0.314 e. The molecule has 1 aromatic rings. The Labute approximate surface area is 136 Å². The number of nitrogens with zero attached hydrogens (tertiary/aromatic N) is 1. The fraction of sp³-hybridized carbons (Fsp3) is 0.625. The van der Waals surface area contributed by atoms with Crippen molar-refractivity contribution in [1.82, 2.24) is 10.2 Å². The Morgan fingerprint density at radius 3 is 2.41 bits per heavy atom. The van der Waals surface area contributed by atoms with E-state index >= 15 is 0 Å². The molecule has 0 bridgehead atoms. The summed E-state index contributed by atoms with van der Waals surface area (Å²) >= 11 is 0.